The highest BCUT2D eigenvalue weighted by Gasteiger charge is 2.26. The molecule has 3 rings (SSSR count). The fourth-order valence-corrected chi connectivity index (χ4v) is 2.92. The number of amides is 1. The molecular formula is C17H24FN3O2. The van der Waals surface area contributed by atoms with Crippen LogP contribution in [0.15, 0.2) is 24.3 Å². The molecule has 2 N–H and O–H groups in total. The van der Waals surface area contributed by atoms with Crippen LogP contribution in [0.25, 0.3) is 0 Å². The molecule has 1 aromatic carbocycles. The van der Waals surface area contributed by atoms with E-state index in [-0.39, 0.29) is 11.7 Å². The van der Waals surface area contributed by atoms with E-state index in [9.17, 15) is 14.3 Å². The summed E-state index contributed by atoms with van der Waals surface area (Å²) in [5.74, 6) is -0.261. The molecule has 1 saturated heterocycles. The van der Waals surface area contributed by atoms with E-state index in [0.717, 1.165) is 39.0 Å². The van der Waals surface area contributed by atoms with E-state index in [1.54, 1.807) is 18.2 Å². The second kappa shape index (κ2) is 7.38. The minimum absolute atomic E-state index is 0.104. The van der Waals surface area contributed by atoms with Crippen LogP contribution >= 0.6 is 0 Å². The third kappa shape index (κ3) is 4.73. The van der Waals surface area contributed by atoms with Gasteiger partial charge in [0.05, 0.1) is 12.6 Å². The summed E-state index contributed by atoms with van der Waals surface area (Å²) in [5.41, 5.74) is 0.346. The largest absolute Gasteiger partial charge is 0.387 e. The van der Waals surface area contributed by atoms with E-state index in [2.05, 4.69) is 15.1 Å². The van der Waals surface area contributed by atoms with Gasteiger partial charge in [0, 0.05) is 44.3 Å². The standard InChI is InChI=1S/C17H24FN3O2/c18-15-4-2-1-3-14(15)16(22)11-20-7-9-21(10-8-20)12-17(23)19-13-5-6-13/h1-4,13,16,22H,5-12H2,(H,19,23)/t16-/m0/s1. The van der Waals surface area contributed by atoms with Gasteiger partial charge in [-0.1, -0.05) is 18.2 Å². The molecular weight excluding hydrogens is 297 g/mol. The number of rotatable bonds is 6. The van der Waals surface area contributed by atoms with Gasteiger partial charge in [-0.2, -0.15) is 0 Å². The summed E-state index contributed by atoms with van der Waals surface area (Å²) >= 11 is 0. The molecule has 5 nitrogen and oxygen atoms in total. The molecule has 2 fully saturated rings. The van der Waals surface area contributed by atoms with Crippen molar-refractivity contribution >= 4 is 5.91 Å². The first-order valence-electron chi connectivity index (χ1n) is 8.28. The predicted octanol–water partition coefficient (Wildman–Crippen LogP) is 0.755. The molecule has 1 heterocycles. The molecule has 1 aromatic rings. The molecule has 0 bridgehead atoms. The fraction of sp³-hybridized carbons (Fsp3) is 0.588. The maximum absolute atomic E-state index is 13.7. The van der Waals surface area contributed by atoms with Crippen molar-refractivity contribution < 1.29 is 14.3 Å². The maximum atomic E-state index is 13.7. The molecule has 2 aliphatic rings. The van der Waals surface area contributed by atoms with E-state index in [4.69, 9.17) is 0 Å². The average Bonchev–Trinajstić information content (AvgIpc) is 3.33. The molecule has 1 atom stereocenters. The summed E-state index contributed by atoms with van der Waals surface area (Å²) in [5, 5.41) is 13.2. The van der Waals surface area contributed by atoms with Gasteiger partial charge in [0.2, 0.25) is 5.91 Å². The lowest BCUT2D eigenvalue weighted by Crippen LogP contribution is -2.50. The SMILES string of the molecule is O=C(CN1CCN(C[C@H](O)c2ccccc2F)CC1)NC1CC1. The molecule has 23 heavy (non-hydrogen) atoms. The number of hydrogen-bond acceptors (Lipinski definition) is 4. The highest BCUT2D eigenvalue weighted by atomic mass is 19.1. The van der Waals surface area contributed by atoms with Crippen LogP contribution in [0.2, 0.25) is 0 Å². The molecule has 1 aliphatic heterocycles. The summed E-state index contributed by atoms with van der Waals surface area (Å²) in [6, 6.07) is 6.75. The number of carbonyl (C=O) groups is 1. The third-order valence-electron chi connectivity index (χ3n) is 4.47. The molecule has 0 unspecified atom stereocenters. The van der Waals surface area contributed by atoms with Gasteiger partial charge in [0.1, 0.15) is 5.82 Å². The normalized spacial score (nSPS) is 21.1. The first kappa shape index (κ1) is 16.4. The lowest BCUT2D eigenvalue weighted by atomic mass is 10.1. The first-order valence-corrected chi connectivity index (χ1v) is 8.28. The summed E-state index contributed by atoms with van der Waals surface area (Å²) in [6.45, 7) is 4.01. The Labute approximate surface area is 136 Å². The van der Waals surface area contributed by atoms with Crippen molar-refractivity contribution in [1.82, 2.24) is 15.1 Å². The van der Waals surface area contributed by atoms with Crippen LogP contribution < -0.4 is 5.32 Å². The van der Waals surface area contributed by atoms with Crippen LogP contribution in [0.5, 0.6) is 0 Å². The number of aliphatic hydroxyl groups is 1. The van der Waals surface area contributed by atoms with Crippen molar-refractivity contribution in [3.63, 3.8) is 0 Å². The summed E-state index contributed by atoms with van der Waals surface area (Å²) in [4.78, 5) is 16.0. The minimum Gasteiger partial charge on any atom is -0.387 e. The zero-order chi connectivity index (χ0) is 16.2. The Morgan fingerprint density at radius 3 is 2.52 bits per heavy atom. The molecule has 0 radical (unpaired) electrons. The van der Waals surface area contributed by atoms with Crippen LogP contribution in [0.3, 0.4) is 0 Å². The van der Waals surface area contributed by atoms with Crippen molar-refractivity contribution in [2.45, 2.75) is 25.0 Å². The Morgan fingerprint density at radius 2 is 1.87 bits per heavy atom. The van der Waals surface area contributed by atoms with Crippen molar-refractivity contribution in [3.05, 3.63) is 35.6 Å². The van der Waals surface area contributed by atoms with E-state index < -0.39 is 6.10 Å². The Morgan fingerprint density at radius 1 is 1.22 bits per heavy atom. The Kier molecular flexibility index (Phi) is 5.25. The van der Waals surface area contributed by atoms with E-state index >= 15 is 0 Å². The van der Waals surface area contributed by atoms with E-state index in [1.807, 2.05) is 0 Å². The molecule has 126 valence electrons. The van der Waals surface area contributed by atoms with Crippen molar-refractivity contribution in [2.24, 2.45) is 0 Å². The van der Waals surface area contributed by atoms with Gasteiger partial charge in [-0.25, -0.2) is 4.39 Å². The van der Waals surface area contributed by atoms with E-state index in [0.29, 0.717) is 24.7 Å². The Hall–Kier alpha value is -1.50. The third-order valence-corrected chi connectivity index (χ3v) is 4.47. The van der Waals surface area contributed by atoms with Gasteiger partial charge in [-0.3, -0.25) is 14.6 Å². The van der Waals surface area contributed by atoms with Crippen LogP contribution in [0.1, 0.15) is 24.5 Å². The quantitative estimate of drug-likeness (QED) is 0.812. The fourth-order valence-electron chi connectivity index (χ4n) is 2.92. The monoisotopic (exact) mass is 321 g/mol. The number of nitrogens with zero attached hydrogens (tertiary/aromatic N) is 2. The van der Waals surface area contributed by atoms with Crippen molar-refractivity contribution in [2.75, 3.05) is 39.3 Å². The van der Waals surface area contributed by atoms with Gasteiger partial charge in [0.25, 0.3) is 0 Å². The van der Waals surface area contributed by atoms with Crippen LogP contribution in [0.4, 0.5) is 4.39 Å². The molecule has 6 heteroatoms. The average molecular weight is 321 g/mol. The number of benzene rings is 1. The second-order valence-corrected chi connectivity index (χ2v) is 6.46. The van der Waals surface area contributed by atoms with Crippen molar-refractivity contribution in [3.8, 4) is 0 Å². The number of aliphatic hydroxyl groups excluding tert-OH is 1. The first-order chi connectivity index (χ1) is 11.1. The predicted molar refractivity (Wildman–Crippen MR) is 85.4 cm³/mol. The number of hydrogen-bond donors (Lipinski definition) is 2. The van der Waals surface area contributed by atoms with Gasteiger partial charge in [-0.05, 0) is 18.9 Å². The van der Waals surface area contributed by atoms with Gasteiger partial charge < -0.3 is 10.4 Å². The molecule has 1 aliphatic carbocycles. The second-order valence-electron chi connectivity index (χ2n) is 6.46. The van der Waals surface area contributed by atoms with E-state index in [1.165, 1.54) is 6.07 Å². The summed E-state index contributed by atoms with van der Waals surface area (Å²) < 4.78 is 13.7. The highest BCUT2D eigenvalue weighted by molar-refractivity contribution is 5.78. The summed E-state index contributed by atoms with van der Waals surface area (Å²) in [7, 11) is 0. The maximum Gasteiger partial charge on any atom is 0.234 e. The lowest BCUT2D eigenvalue weighted by molar-refractivity contribution is -0.122. The van der Waals surface area contributed by atoms with Crippen LogP contribution in [-0.2, 0) is 4.79 Å². The highest BCUT2D eigenvalue weighted by Crippen LogP contribution is 2.19. The lowest BCUT2D eigenvalue weighted by Gasteiger charge is -2.35. The Bertz CT molecular complexity index is 542. The number of halogens is 1. The Balaban J connectivity index is 1.42. The van der Waals surface area contributed by atoms with Crippen LogP contribution in [0, 0.1) is 5.82 Å². The number of β-amino-alcohol motifs (C(OH)–C–C–N with tert-alkyl or cyclic N) is 1. The molecule has 0 aromatic heterocycles. The molecule has 0 spiro atoms. The topological polar surface area (TPSA) is 55.8 Å². The number of piperazine rings is 1. The smallest absolute Gasteiger partial charge is 0.234 e. The number of carbonyl (C=O) groups excluding carboxylic acids is 1. The van der Waals surface area contributed by atoms with Gasteiger partial charge >= 0.3 is 0 Å². The zero-order valence-corrected chi connectivity index (χ0v) is 13.2. The van der Waals surface area contributed by atoms with Crippen molar-refractivity contribution in [1.29, 1.82) is 0 Å². The number of nitrogens with one attached hydrogen (secondary N) is 1. The summed E-state index contributed by atoms with van der Waals surface area (Å²) in [6.07, 6.45) is 1.39. The van der Waals surface area contributed by atoms with Gasteiger partial charge in [0.15, 0.2) is 0 Å². The molecule has 1 saturated carbocycles. The zero-order valence-electron chi connectivity index (χ0n) is 13.2. The minimum atomic E-state index is -0.819. The molecule has 1 amide bonds. The van der Waals surface area contributed by atoms with Crippen LogP contribution in [-0.4, -0.2) is 66.1 Å². The van der Waals surface area contributed by atoms with Gasteiger partial charge in [-0.15, -0.1) is 0 Å².